The molecule has 0 atom stereocenters. The van der Waals surface area contributed by atoms with Crippen LogP contribution < -0.4 is 0 Å². The fourth-order valence-electron chi connectivity index (χ4n) is 4.13. The summed E-state index contributed by atoms with van der Waals surface area (Å²) in [5.41, 5.74) is 11.8. The van der Waals surface area contributed by atoms with Crippen LogP contribution in [-0.4, -0.2) is 0 Å². The molecule has 4 aromatic carbocycles. The molecule has 0 heterocycles. The summed E-state index contributed by atoms with van der Waals surface area (Å²) < 4.78 is 0. The smallest absolute Gasteiger partial charge is 0.0132 e. The predicted octanol–water partition coefficient (Wildman–Crippen LogP) is 14.1. The molecule has 0 bridgehead atoms. The molecule has 4 rings (SSSR count). The van der Waals surface area contributed by atoms with Crippen molar-refractivity contribution in [3.8, 4) is 0 Å². The van der Waals surface area contributed by atoms with Crippen molar-refractivity contribution < 1.29 is 0 Å². The van der Waals surface area contributed by atoms with Crippen LogP contribution in [0.4, 0.5) is 0 Å². The summed E-state index contributed by atoms with van der Waals surface area (Å²) in [6.45, 7) is 26.4. The van der Waals surface area contributed by atoms with Crippen molar-refractivity contribution in [2.45, 2.75) is 142 Å². The monoisotopic (exact) mass is 613 g/mol. The van der Waals surface area contributed by atoms with Gasteiger partial charge in [0.15, 0.2) is 0 Å². The Hall–Kier alpha value is -3.12. The van der Waals surface area contributed by atoms with Gasteiger partial charge in [-0.15, -0.1) is 0 Å². The molecule has 0 saturated heterocycles. The minimum Gasteiger partial charge on any atom is -0.0776 e. The van der Waals surface area contributed by atoms with Gasteiger partial charge in [-0.25, -0.2) is 0 Å². The lowest BCUT2D eigenvalue weighted by Gasteiger charge is -2.18. The Balaban J connectivity index is -0.000000514. The van der Waals surface area contributed by atoms with Crippen molar-refractivity contribution in [2.24, 2.45) is 0 Å². The van der Waals surface area contributed by atoms with E-state index in [0.29, 0.717) is 0 Å². The molecule has 0 heteroatoms. The van der Waals surface area contributed by atoms with Crippen LogP contribution in [0.1, 0.15) is 136 Å². The molecule has 4 aromatic rings. The molecular formula is C45H72. The van der Waals surface area contributed by atoms with E-state index in [9.17, 15) is 0 Å². The first-order valence-corrected chi connectivity index (χ1v) is 16.0. The van der Waals surface area contributed by atoms with E-state index < -0.39 is 0 Å². The number of hydrogen-bond acceptors (Lipinski definition) is 0. The highest BCUT2D eigenvalue weighted by atomic mass is 14.2. The molecule has 45 heavy (non-hydrogen) atoms. The minimum atomic E-state index is 0. The standard InChI is InChI=1S/C12H18.C11H16.C10H14.C9H12.3CH4/c1-5-10-6-8-11(9-7-10)12(2,3)4;1-9-5-7-10(8-6-9)11(2,3)4;1-3-9-5-7-10(4-2)8-6-9;1-3-9-6-4-8(2)5-7-9;;;/h6-9H,5H2,1-4H3;5-8H,1-4H3;5-8H,3-4H2,1-2H3;4-7H,3H2,1-2H3;3*1H4. The van der Waals surface area contributed by atoms with Crippen LogP contribution in [-0.2, 0) is 36.5 Å². The third-order valence-electron chi connectivity index (χ3n) is 7.51. The summed E-state index contributed by atoms with van der Waals surface area (Å²) in [7, 11) is 0. The average molecular weight is 613 g/mol. The van der Waals surface area contributed by atoms with Gasteiger partial charge in [-0.3, -0.25) is 0 Å². The van der Waals surface area contributed by atoms with E-state index >= 15 is 0 Å². The largest absolute Gasteiger partial charge is 0.0776 e. The maximum Gasteiger partial charge on any atom is -0.0132 e. The Kier molecular flexibility index (Phi) is 23.9. The van der Waals surface area contributed by atoms with Gasteiger partial charge in [-0.05, 0) is 83.7 Å². The summed E-state index contributed by atoms with van der Waals surface area (Å²) in [6.07, 6.45) is 4.55. The van der Waals surface area contributed by atoms with E-state index in [0.717, 1.165) is 25.7 Å². The van der Waals surface area contributed by atoms with Crippen LogP contribution in [0.15, 0.2) is 97.1 Å². The second kappa shape index (κ2) is 23.3. The second-order valence-electron chi connectivity index (χ2n) is 13.3. The van der Waals surface area contributed by atoms with Gasteiger partial charge in [0.25, 0.3) is 0 Å². The highest BCUT2D eigenvalue weighted by Crippen LogP contribution is 2.22. The topological polar surface area (TPSA) is 0 Å². The molecule has 0 N–H and O–H groups in total. The van der Waals surface area contributed by atoms with Gasteiger partial charge in [0.1, 0.15) is 0 Å². The van der Waals surface area contributed by atoms with Crippen LogP contribution >= 0.6 is 0 Å². The molecule has 0 aromatic heterocycles. The molecule has 0 amide bonds. The van der Waals surface area contributed by atoms with Crippen molar-refractivity contribution in [3.05, 3.63) is 142 Å². The maximum absolute atomic E-state index is 2.24. The highest BCUT2D eigenvalue weighted by Gasteiger charge is 2.12. The van der Waals surface area contributed by atoms with Gasteiger partial charge in [0.2, 0.25) is 0 Å². The Morgan fingerprint density at radius 2 is 0.511 bits per heavy atom. The molecule has 0 aliphatic carbocycles. The zero-order valence-electron chi connectivity index (χ0n) is 29.1. The van der Waals surface area contributed by atoms with E-state index in [1.807, 2.05) is 0 Å². The number of rotatable bonds is 4. The fraction of sp³-hybridized carbons (Fsp3) is 0.467. The van der Waals surface area contributed by atoms with E-state index in [4.69, 9.17) is 0 Å². The molecule has 0 spiro atoms. The van der Waals surface area contributed by atoms with Crippen LogP contribution in [0.3, 0.4) is 0 Å². The first-order valence-electron chi connectivity index (χ1n) is 16.0. The van der Waals surface area contributed by atoms with Crippen molar-refractivity contribution in [3.63, 3.8) is 0 Å². The highest BCUT2D eigenvalue weighted by molar-refractivity contribution is 5.28. The lowest BCUT2D eigenvalue weighted by Crippen LogP contribution is -2.10. The third kappa shape index (κ3) is 19.1. The number of aryl methyl sites for hydroxylation is 6. The summed E-state index contributed by atoms with van der Waals surface area (Å²) >= 11 is 0. The normalized spacial score (nSPS) is 10.0. The lowest BCUT2D eigenvalue weighted by molar-refractivity contribution is 0.590. The number of hydrogen-bond donors (Lipinski definition) is 0. The Morgan fingerprint density at radius 1 is 0.333 bits per heavy atom. The molecule has 0 saturated carbocycles. The summed E-state index contributed by atoms with van der Waals surface area (Å²) in [4.78, 5) is 0. The Bertz CT molecular complexity index is 1200. The van der Waals surface area contributed by atoms with Crippen LogP contribution in [0, 0.1) is 13.8 Å². The quantitative estimate of drug-likeness (QED) is 0.215. The zero-order valence-corrected chi connectivity index (χ0v) is 29.1. The van der Waals surface area contributed by atoms with Crippen LogP contribution in [0.5, 0.6) is 0 Å². The predicted molar refractivity (Wildman–Crippen MR) is 210 cm³/mol. The van der Waals surface area contributed by atoms with Crippen LogP contribution in [0.2, 0.25) is 0 Å². The minimum absolute atomic E-state index is 0. The molecule has 0 aliphatic rings. The van der Waals surface area contributed by atoms with E-state index in [-0.39, 0.29) is 33.1 Å². The van der Waals surface area contributed by atoms with Crippen molar-refractivity contribution in [1.29, 1.82) is 0 Å². The van der Waals surface area contributed by atoms with Gasteiger partial charge in [0.05, 0.1) is 0 Å². The van der Waals surface area contributed by atoms with Gasteiger partial charge < -0.3 is 0 Å². The van der Waals surface area contributed by atoms with E-state index in [1.165, 1.54) is 44.5 Å². The maximum atomic E-state index is 2.24. The zero-order chi connectivity index (χ0) is 31.8. The molecule has 0 nitrogen and oxygen atoms in total. The lowest BCUT2D eigenvalue weighted by atomic mass is 9.86. The molecule has 0 fully saturated rings. The van der Waals surface area contributed by atoms with Gasteiger partial charge >= 0.3 is 0 Å². The second-order valence-corrected chi connectivity index (χ2v) is 13.3. The van der Waals surface area contributed by atoms with Crippen molar-refractivity contribution >= 4 is 0 Å². The first kappa shape index (κ1) is 46.3. The summed E-state index contributed by atoms with van der Waals surface area (Å²) in [6, 6.07) is 35.1. The summed E-state index contributed by atoms with van der Waals surface area (Å²) in [5.74, 6) is 0. The average Bonchev–Trinajstić information content (AvgIpc) is 2.98. The molecule has 0 aliphatic heterocycles. The van der Waals surface area contributed by atoms with Crippen molar-refractivity contribution in [1.82, 2.24) is 0 Å². The molecule has 0 unspecified atom stereocenters. The molecule has 0 radical (unpaired) electrons. The van der Waals surface area contributed by atoms with Crippen molar-refractivity contribution in [2.75, 3.05) is 0 Å². The van der Waals surface area contributed by atoms with Gasteiger partial charge in [-0.2, -0.15) is 0 Å². The summed E-state index contributed by atoms with van der Waals surface area (Å²) in [5, 5.41) is 0. The Morgan fingerprint density at radius 3 is 0.733 bits per heavy atom. The Labute approximate surface area is 282 Å². The first-order chi connectivity index (χ1) is 19.7. The molecule has 252 valence electrons. The third-order valence-corrected chi connectivity index (χ3v) is 7.51. The van der Waals surface area contributed by atoms with Crippen LogP contribution in [0.25, 0.3) is 0 Å². The van der Waals surface area contributed by atoms with Gasteiger partial charge in [0, 0.05) is 0 Å². The van der Waals surface area contributed by atoms with E-state index in [2.05, 4.69) is 180 Å². The van der Waals surface area contributed by atoms with E-state index in [1.54, 1.807) is 0 Å². The van der Waals surface area contributed by atoms with Gasteiger partial charge in [-0.1, -0.05) is 200 Å². The number of benzene rings is 4. The SMILES string of the molecule is C.C.C.CCc1ccc(C(C)(C)C)cc1.CCc1ccc(C)cc1.CCc1ccc(CC)cc1.Cc1ccc(C(C)(C)C)cc1. The fourth-order valence-corrected chi connectivity index (χ4v) is 4.13. The molecular weight excluding hydrogens is 540 g/mol.